The van der Waals surface area contributed by atoms with Crippen LogP contribution in [0.2, 0.25) is 0 Å². The Morgan fingerprint density at radius 3 is 2.50 bits per heavy atom. The number of carbonyl (C=O) groups excluding carboxylic acids is 1. The molecule has 1 aromatic carbocycles. The topological polar surface area (TPSA) is 50.3 Å². The number of hydrogen-bond acceptors (Lipinski definition) is 5. The number of likely N-dealkylation sites (N-methyl/N-ethyl adjacent to an activating group) is 1. The smallest absolute Gasteiger partial charge is 0.227 e. The largest absolute Gasteiger partial charge is 0.388 e. The van der Waals surface area contributed by atoms with E-state index >= 15 is 0 Å². The number of carbonyl (C=O) groups is 1. The number of nitrogens with zero attached hydrogens (tertiary/aromatic N) is 4. The molecule has 2 heterocycles. The quantitative estimate of drug-likeness (QED) is 0.832. The lowest BCUT2D eigenvalue weighted by atomic mass is 9.90. The molecule has 1 aromatic rings. The molecule has 3 rings (SSSR count). The van der Waals surface area contributed by atoms with E-state index in [9.17, 15) is 14.3 Å². The second-order valence-electron chi connectivity index (χ2n) is 8.59. The van der Waals surface area contributed by atoms with Crippen molar-refractivity contribution in [1.29, 1.82) is 0 Å². The third kappa shape index (κ3) is 5.01. The van der Waals surface area contributed by atoms with Gasteiger partial charge in [0.25, 0.3) is 0 Å². The lowest BCUT2D eigenvalue weighted by Gasteiger charge is -2.42. The van der Waals surface area contributed by atoms with Crippen molar-refractivity contribution >= 4 is 11.6 Å². The van der Waals surface area contributed by atoms with E-state index < -0.39 is 5.60 Å². The molecular formula is C21H33FN4O2. The fraction of sp³-hybridized carbons (Fsp3) is 0.667. The lowest BCUT2D eigenvalue weighted by Crippen LogP contribution is -2.52. The van der Waals surface area contributed by atoms with Crippen molar-refractivity contribution in [3.05, 3.63) is 30.1 Å². The SMILES string of the molecule is CN1CCN(CC2(O)CCN(c3ccccc3F)CC2)C[C@@H](C(=O)N(C)C)C1. The molecule has 0 aromatic heterocycles. The summed E-state index contributed by atoms with van der Waals surface area (Å²) in [5.74, 6) is -0.154. The maximum Gasteiger partial charge on any atom is 0.227 e. The Kier molecular flexibility index (Phi) is 6.58. The maximum absolute atomic E-state index is 14.1. The highest BCUT2D eigenvalue weighted by Gasteiger charge is 2.37. The van der Waals surface area contributed by atoms with Crippen LogP contribution in [0.5, 0.6) is 0 Å². The van der Waals surface area contributed by atoms with E-state index in [-0.39, 0.29) is 17.6 Å². The van der Waals surface area contributed by atoms with Gasteiger partial charge in [0.2, 0.25) is 5.91 Å². The summed E-state index contributed by atoms with van der Waals surface area (Å²) < 4.78 is 14.1. The number of rotatable bonds is 4. The number of piperidine rings is 1. The monoisotopic (exact) mass is 392 g/mol. The van der Waals surface area contributed by atoms with E-state index in [4.69, 9.17) is 0 Å². The molecule has 1 atom stereocenters. The van der Waals surface area contributed by atoms with Gasteiger partial charge in [-0.3, -0.25) is 9.69 Å². The molecule has 0 saturated carbocycles. The van der Waals surface area contributed by atoms with Gasteiger partial charge in [0.05, 0.1) is 17.2 Å². The fourth-order valence-corrected chi connectivity index (χ4v) is 4.35. The Bertz CT molecular complexity index is 676. The zero-order chi connectivity index (χ0) is 20.3. The summed E-state index contributed by atoms with van der Waals surface area (Å²) in [4.78, 5) is 20.6. The van der Waals surface area contributed by atoms with Crippen molar-refractivity contribution in [2.45, 2.75) is 18.4 Å². The standard InChI is InChI=1S/C21H33FN4O2/c1-23(2)20(27)17-14-24(3)12-13-25(15-17)16-21(28)8-10-26(11-9-21)19-7-5-4-6-18(19)22/h4-7,17,28H,8-16H2,1-3H3/t17-/m0/s1. The molecule has 156 valence electrons. The minimum absolute atomic E-state index is 0.0791. The molecule has 0 unspecified atom stereocenters. The summed E-state index contributed by atoms with van der Waals surface area (Å²) in [7, 11) is 5.63. The van der Waals surface area contributed by atoms with E-state index in [1.54, 1.807) is 31.1 Å². The maximum atomic E-state index is 14.1. The van der Waals surface area contributed by atoms with Crippen LogP contribution in [0.15, 0.2) is 24.3 Å². The summed E-state index contributed by atoms with van der Waals surface area (Å²) in [5.41, 5.74) is -0.186. The molecule has 2 fully saturated rings. The Morgan fingerprint density at radius 2 is 1.86 bits per heavy atom. The normalized spacial score (nSPS) is 24.0. The van der Waals surface area contributed by atoms with Gasteiger partial charge in [-0.25, -0.2) is 4.39 Å². The van der Waals surface area contributed by atoms with Crippen molar-refractivity contribution in [2.75, 3.05) is 71.9 Å². The molecule has 1 N–H and O–H groups in total. The summed E-state index contributed by atoms with van der Waals surface area (Å²) in [6, 6.07) is 6.81. The first-order chi connectivity index (χ1) is 13.3. The van der Waals surface area contributed by atoms with E-state index in [0.29, 0.717) is 44.7 Å². The van der Waals surface area contributed by atoms with Crippen LogP contribution < -0.4 is 4.90 Å². The number of β-amino-alcohol motifs (C(OH)–C–C–N with tert-alkyl or cyclic N) is 1. The van der Waals surface area contributed by atoms with Crippen LogP contribution >= 0.6 is 0 Å². The van der Waals surface area contributed by atoms with Crippen LogP contribution in [0.1, 0.15) is 12.8 Å². The van der Waals surface area contributed by atoms with Crippen LogP contribution in [-0.2, 0) is 4.79 Å². The second-order valence-corrected chi connectivity index (χ2v) is 8.59. The fourth-order valence-electron chi connectivity index (χ4n) is 4.35. The van der Waals surface area contributed by atoms with Gasteiger partial charge in [-0.2, -0.15) is 0 Å². The van der Waals surface area contributed by atoms with Gasteiger partial charge in [-0.05, 0) is 32.0 Å². The van der Waals surface area contributed by atoms with Crippen LogP contribution in [0.25, 0.3) is 0 Å². The zero-order valence-electron chi connectivity index (χ0n) is 17.3. The predicted molar refractivity (Wildman–Crippen MR) is 109 cm³/mol. The van der Waals surface area contributed by atoms with Gasteiger partial charge in [0.15, 0.2) is 0 Å². The molecule has 28 heavy (non-hydrogen) atoms. The van der Waals surface area contributed by atoms with Crippen molar-refractivity contribution < 1.29 is 14.3 Å². The van der Waals surface area contributed by atoms with Crippen molar-refractivity contribution in [2.24, 2.45) is 5.92 Å². The van der Waals surface area contributed by atoms with Gasteiger partial charge in [-0.1, -0.05) is 12.1 Å². The summed E-state index contributed by atoms with van der Waals surface area (Å²) in [6.45, 7) is 4.95. The number of para-hydroxylation sites is 1. The van der Waals surface area contributed by atoms with E-state index in [1.807, 2.05) is 18.0 Å². The summed E-state index contributed by atoms with van der Waals surface area (Å²) in [6.07, 6.45) is 1.19. The number of anilines is 1. The molecule has 0 radical (unpaired) electrons. The average Bonchev–Trinajstić information content (AvgIpc) is 2.83. The first-order valence-corrected chi connectivity index (χ1v) is 10.1. The highest BCUT2D eigenvalue weighted by atomic mass is 19.1. The Labute approximate surface area is 167 Å². The third-order valence-electron chi connectivity index (χ3n) is 6.00. The molecule has 6 nitrogen and oxygen atoms in total. The van der Waals surface area contributed by atoms with Crippen LogP contribution in [0.4, 0.5) is 10.1 Å². The predicted octanol–water partition coefficient (Wildman–Crippen LogP) is 1.11. The average molecular weight is 393 g/mol. The van der Waals surface area contributed by atoms with Crippen molar-refractivity contribution in [3.63, 3.8) is 0 Å². The van der Waals surface area contributed by atoms with Gasteiger partial charge in [0.1, 0.15) is 5.82 Å². The molecule has 2 aliphatic rings. The van der Waals surface area contributed by atoms with Gasteiger partial charge < -0.3 is 19.8 Å². The third-order valence-corrected chi connectivity index (χ3v) is 6.00. The molecule has 0 bridgehead atoms. The molecule has 0 spiro atoms. The van der Waals surface area contributed by atoms with E-state index in [0.717, 1.165) is 19.6 Å². The minimum atomic E-state index is -0.795. The number of halogens is 1. The minimum Gasteiger partial charge on any atom is -0.388 e. The Morgan fingerprint density at radius 1 is 1.18 bits per heavy atom. The van der Waals surface area contributed by atoms with Crippen LogP contribution in [0, 0.1) is 11.7 Å². The van der Waals surface area contributed by atoms with Crippen molar-refractivity contribution in [1.82, 2.24) is 14.7 Å². The number of aliphatic hydroxyl groups is 1. The first-order valence-electron chi connectivity index (χ1n) is 10.1. The Hall–Kier alpha value is -1.70. The van der Waals surface area contributed by atoms with E-state index in [2.05, 4.69) is 9.80 Å². The zero-order valence-corrected chi connectivity index (χ0v) is 17.3. The number of hydrogen-bond donors (Lipinski definition) is 1. The Balaban J connectivity index is 1.61. The highest BCUT2D eigenvalue weighted by Crippen LogP contribution is 2.29. The molecule has 2 saturated heterocycles. The first kappa shape index (κ1) is 21.0. The van der Waals surface area contributed by atoms with Gasteiger partial charge in [-0.15, -0.1) is 0 Å². The van der Waals surface area contributed by atoms with Crippen LogP contribution in [0.3, 0.4) is 0 Å². The molecule has 1 amide bonds. The second kappa shape index (κ2) is 8.76. The highest BCUT2D eigenvalue weighted by molar-refractivity contribution is 5.78. The molecule has 0 aliphatic carbocycles. The lowest BCUT2D eigenvalue weighted by molar-refractivity contribution is -0.134. The summed E-state index contributed by atoms with van der Waals surface area (Å²) in [5, 5.41) is 11.2. The van der Waals surface area contributed by atoms with Gasteiger partial charge in [0, 0.05) is 59.9 Å². The number of benzene rings is 1. The molecular weight excluding hydrogens is 359 g/mol. The molecule has 7 heteroatoms. The van der Waals surface area contributed by atoms with Crippen LogP contribution in [-0.4, -0.2) is 98.3 Å². The van der Waals surface area contributed by atoms with Crippen molar-refractivity contribution in [3.8, 4) is 0 Å². The van der Waals surface area contributed by atoms with E-state index in [1.165, 1.54) is 6.07 Å². The van der Waals surface area contributed by atoms with Gasteiger partial charge >= 0.3 is 0 Å². The summed E-state index contributed by atoms with van der Waals surface area (Å²) >= 11 is 0. The number of amides is 1. The molecule has 2 aliphatic heterocycles.